The van der Waals surface area contributed by atoms with Crippen LogP contribution in [0.3, 0.4) is 0 Å². The molecule has 0 spiro atoms. The van der Waals surface area contributed by atoms with Crippen molar-refractivity contribution in [3.63, 3.8) is 0 Å². The zero-order valence-electron chi connectivity index (χ0n) is 13.3. The highest BCUT2D eigenvalue weighted by Crippen LogP contribution is 2.36. The predicted molar refractivity (Wildman–Crippen MR) is 89.0 cm³/mol. The molecule has 1 heterocycles. The van der Waals surface area contributed by atoms with Gasteiger partial charge in [0.2, 0.25) is 0 Å². The standard InChI is InChI=1S/C19H23NO2/c1-14-4-3-5-15(12-14)17(8-9-20-2)16-6-7-18-19(13-16)22-11-10-21-18/h3-7,12-13,17,20H,8-11H2,1-2H3. The normalized spacial score (nSPS) is 14.6. The van der Waals surface area contributed by atoms with Gasteiger partial charge in [-0.15, -0.1) is 0 Å². The Morgan fingerprint density at radius 2 is 1.77 bits per heavy atom. The molecule has 0 fully saturated rings. The van der Waals surface area contributed by atoms with Crippen LogP contribution in [0, 0.1) is 6.92 Å². The molecule has 3 rings (SSSR count). The summed E-state index contributed by atoms with van der Waals surface area (Å²) >= 11 is 0. The average molecular weight is 297 g/mol. The summed E-state index contributed by atoms with van der Waals surface area (Å²) in [6.45, 7) is 4.38. The van der Waals surface area contributed by atoms with Crippen molar-refractivity contribution in [1.29, 1.82) is 0 Å². The van der Waals surface area contributed by atoms with Gasteiger partial charge in [-0.3, -0.25) is 0 Å². The second kappa shape index (κ2) is 6.84. The molecule has 22 heavy (non-hydrogen) atoms. The molecule has 0 radical (unpaired) electrons. The van der Waals surface area contributed by atoms with Crippen molar-refractivity contribution >= 4 is 0 Å². The molecule has 0 amide bonds. The Balaban J connectivity index is 1.95. The van der Waals surface area contributed by atoms with Crippen LogP contribution in [-0.4, -0.2) is 26.8 Å². The van der Waals surface area contributed by atoms with Crippen LogP contribution in [-0.2, 0) is 0 Å². The van der Waals surface area contributed by atoms with E-state index in [-0.39, 0.29) is 0 Å². The van der Waals surface area contributed by atoms with Gasteiger partial charge in [0.25, 0.3) is 0 Å². The van der Waals surface area contributed by atoms with Crippen LogP contribution in [0.25, 0.3) is 0 Å². The lowest BCUT2D eigenvalue weighted by Gasteiger charge is -2.23. The third-order valence-corrected chi connectivity index (χ3v) is 4.10. The second-order valence-electron chi connectivity index (χ2n) is 5.76. The zero-order chi connectivity index (χ0) is 15.4. The highest BCUT2D eigenvalue weighted by Gasteiger charge is 2.18. The number of nitrogens with one attached hydrogen (secondary N) is 1. The number of fused-ring (bicyclic) bond motifs is 1. The van der Waals surface area contributed by atoms with E-state index in [1.807, 2.05) is 13.1 Å². The minimum absolute atomic E-state index is 0.364. The van der Waals surface area contributed by atoms with Crippen molar-refractivity contribution in [3.8, 4) is 11.5 Å². The fourth-order valence-electron chi connectivity index (χ4n) is 2.98. The molecule has 1 atom stereocenters. The molecule has 0 saturated carbocycles. The second-order valence-corrected chi connectivity index (χ2v) is 5.76. The summed E-state index contributed by atoms with van der Waals surface area (Å²) in [5, 5.41) is 3.26. The zero-order valence-corrected chi connectivity index (χ0v) is 13.3. The fourth-order valence-corrected chi connectivity index (χ4v) is 2.98. The van der Waals surface area contributed by atoms with Crippen LogP contribution in [0.5, 0.6) is 11.5 Å². The molecule has 0 saturated heterocycles. The van der Waals surface area contributed by atoms with Crippen molar-refractivity contribution in [3.05, 3.63) is 59.2 Å². The van der Waals surface area contributed by atoms with Crippen molar-refractivity contribution in [2.24, 2.45) is 0 Å². The van der Waals surface area contributed by atoms with E-state index in [2.05, 4.69) is 48.6 Å². The first-order valence-electron chi connectivity index (χ1n) is 7.88. The number of hydrogen-bond acceptors (Lipinski definition) is 3. The lowest BCUT2D eigenvalue weighted by molar-refractivity contribution is 0.171. The van der Waals surface area contributed by atoms with Crippen LogP contribution in [0.15, 0.2) is 42.5 Å². The van der Waals surface area contributed by atoms with Gasteiger partial charge in [-0.1, -0.05) is 35.9 Å². The van der Waals surface area contributed by atoms with Gasteiger partial charge in [0, 0.05) is 5.92 Å². The van der Waals surface area contributed by atoms with E-state index in [1.54, 1.807) is 0 Å². The van der Waals surface area contributed by atoms with E-state index < -0.39 is 0 Å². The van der Waals surface area contributed by atoms with E-state index in [1.165, 1.54) is 16.7 Å². The molecule has 3 heteroatoms. The molecule has 116 valence electrons. The first kappa shape index (κ1) is 14.9. The quantitative estimate of drug-likeness (QED) is 0.916. The summed E-state index contributed by atoms with van der Waals surface area (Å²) in [5.41, 5.74) is 3.93. The van der Waals surface area contributed by atoms with Crippen molar-refractivity contribution in [2.75, 3.05) is 26.8 Å². The molecule has 1 unspecified atom stereocenters. The van der Waals surface area contributed by atoms with E-state index in [0.29, 0.717) is 19.1 Å². The van der Waals surface area contributed by atoms with Crippen LogP contribution in [0.1, 0.15) is 29.0 Å². The van der Waals surface area contributed by atoms with E-state index in [4.69, 9.17) is 9.47 Å². The smallest absolute Gasteiger partial charge is 0.161 e. The number of hydrogen-bond donors (Lipinski definition) is 1. The first-order chi connectivity index (χ1) is 10.8. The van der Waals surface area contributed by atoms with E-state index >= 15 is 0 Å². The van der Waals surface area contributed by atoms with Gasteiger partial charge in [0.15, 0.2) is 11.5 Å². The Bertz CT molecular complexity index is 639. The van der Waals surface area contributed by atoms with Crippen molar-refractivity contribution < 1.29 is 9.47 Å². The fraction of sp³-hybridized carbons (Fsp3) is 0.368. The first-order valence-corrected chi connectivity index (χ1v) is 7.88. The summed E-state index contributed by atoms with van der Waals surface area (Å²) in [4.78, 5) is 0. The van der Waals surface area contributed by atoms with Crippen LogP contribution >= 0.6 is 0 Å². The molecule has 0 aliphatic carbocycles. The molecular formula is C19H23NO2. The highest BCUT2D eigenvalue weighted by atomic mass is 16.6. The summed E-state index contributed by atoms with van der Waals surface area (Å²) in [7, 11) is 2.00. The molecular weight excluding hydrogens is 274 g/mol. The topological polar surface area (TPSA) is 30.5 Å². The Hall–Kier alpha value is -2.00. The third kappa shape index (κ3) is 3.25. The summed E-state index contributed by atoms with van der Waals surface area (Å²) < 4.78 is 11.4. The average Bonchev–Trinajstić information content (AvgIpc) is 2.55. The van der Waals surface area contributed by atoms with Crippen LogP contribution in [0.4, 0.5) is 0 Å². The molecule has 1 N–H and O–H groups in total. The van der Waals surface area contributed by atoms with Gasteiger partial charge in [-0.05, 0) is 50.2 Å². The molecule has 2 aromatic rings. The highest BCUT2D eigenvalue weighted by molar-refractivity contribution is 5.47. The van der Waals surface area contributed by atoms with Crippen LogP contribution < -0.4 is 14.8 Å². The van der Waals surface area contributed by atoms with E-state index in [0.717, 1.165) is 24.5 Å². The van der Waals surface area contributed by atoms with Gasteiger partial charge in [-0.25, -0.2) is 0 Å². The maximum atomic E-state index is 5.74. The molecule has 2 aromatic carbocycles. The number of rotatable bonds is 5. The maximum absolute atomic E-state index is 5.74. The SMILES string of the molecule is CNCCC(c1cccc(C)c1)c1ccc2c(c1)OCCO2. The van der Waals surface area contributed by atoms with Gasteiger partial charge >= 0.3 is 0 Å². The van der Waals surface area contributed by atoms with Crippen LogP contribution in [0.2, 0.25) is 0 Å². The molecule has 0 aromatic heterocycles. The van der Waals surface area contributed by atoms with Gasteiger partial charge in [0.05, 0.1) is 0 Å². The Morgan fingerprint density at radius 3 is 2.55 bits per heavy atom. The predicted octanol–water partition coefficient (Wildman–Crippen LogP) is 3.51. The van der Waals surface area contributed by atoms with Gasteiger partial charge < -0.3 is 14.8 Å². The molecule has 1 aliphatic heterocycles. The Labute approximate surface area is 132 Å². The number of benzene rings is 2. The third-order valence-electron chi connectivity index (χ3n) is 4.10. The minimum Gasteiger partial charge on any atom is -0.486 e. The molecule has 0 bridgehead atoms. The maximum Gasteiger partial charge on any atom is 0.161 e. The molecule has 1 aliphatic rings. The van der Waals surface area contributed by atoms with Gasteiger partial charge in [-0.2, -0.15) is 0 Å². The van der Waals surface area contributed by atoms with E-state index in [9.17, 15) is 0 Å². The number of aryl methyl sites for hydroxylation is 1. The summed E-state index contributed by atoms with van der Waals surface area (Å²) in [6.07, 6.45) is 1.06. The van der Waals surface area contributed by atoms with Crippen molar-refractivity contribution in [1.82, 2.24) is 5.32 Å². The van der Waals surface area contributed by atoms with Crippen molar-refractivity contribution in [2.45, 2.75) is 19.3 Å². The minimum atomic E-state index is 0.364. The lowest BCUT2D eigenvalue weighted by Crippen LogP contribution is -2.16. The molecule has 3 nitrogen and oxygen atoms in total. The summed E-state index contributed by atoms with van der Waals surface area (Å²) in [5.74, 6) is 2.08. The Morgan fingerprint density at radius 1 is 1.00 bits per heavy atom. The van der Waals surface area contributed by atoms with Gasteiger partial charge in [0.1, 0.15) is 13.2 Å². The largest absolute Gasteiger partial charge is 0.486 e. The Kier molecular flexibility index (Phi) is 4.64. The monoisotopic (exact) mass is 297 g/mol. The lowest BCUT2D eigenvalue weighted by atomic mass is 9.87. The summed E-state index contributed by atoms with van der Waals surface area (Å²) in [6, 6.07) is 15.1. The number of ether oxygens (including phenoxy) is 2.